The van der Waals surface area contributed by atoms with Gasteiger partial charge in [0.15, 0.2) is 0 Å². The molecule has 1 aliphatic rings. The molecule has 31 heavy (non-hydrogen) atoms. The lowest BCUT2D eigenvalue weighted by molar-refractivity contribution is -0.123. The number of piperidine rings is 1. The smallest absolute Gasteiger partial charge is 0.253 e. The van der Waals surface area contributed by atoms with E-state index >= 15 is 0 Å². The molecule has 1 saturated heterocycles. The van der Waals surface area contributed by atoms with Gasteiger partial charge in [0.1, 0.15) is 0 Å². The maximum Gasteiger partial charge on any atom is 0.253 e. The summed E-state index contributed by atoms with van der Waals surface area (Å²) in [4.78, 5) is 27.4. The molecule has 0 aliphatic carbocycles. The van der Waals surface area contributed by atoms with Crippen LogP contribution in [0, 0.1) is 5.41 Å². The van der Waals surface area contributed by atoms with Crippen molar-refractivity contribution < 1.29 is 9.59 Å². The zero-order valence-corrected chi connectivity index (χ0v) is 19.0. The van der Waals surface area contributed by atoms with Crippen LogP contribution in [0.3, 0.4) is 0 Å². The number of amides is 2. The van der Waals surface area contributed by atoms with Crippen LogP contribution in [0.15, 0.2) is 54.6 Å². The summed E-state index contributed by atoms with van der Waals surface area (Å²) < 4.78 is 0. The molecule has 2 N–H and O–H groups in total. The Balaban J connectivity index is 1.53. The Morgan fingerprint density at radius 1 is 0.968 bits per heavy atom. The third kappa shape index (κ3) is 7.12. The second kappa shape index (κ2) is 10.5. The van der Waals surface area contributed by atoms with E-state index in [9.17, 15) is 9.59 Å². The second-order valence-electron chi connectivity index (χ2n) is 9.57. The zero-order chi connectivity index (χ0) is 22.3. The maximum atomic E-state index is 12.8. The van der Waals surface area contributed by atoms with Crippen molar-refractivity contribution in [2.75, 3.05) is 24.5 Å². The molecule has 0 radical (unpaired) electrons. The fraction of sp³-hybridized carbons (Fsp3) is 0.462. The Morgan fingerprint density at radius 2 is 1.61 bits per heavy atom. The van der Waals surface area contributed by atoms with Crippen LogP contribution in [0.1, 0.15) is 56.0 Å². The van der Waals surface area contributed by atoms with Gasteiger partial charge in [-0.25, -0.2) is 0 Å². The molecule has 0 bridgehead atoms. The van der Waals surface area contributed by atoms with E-state index in [2.05, 4.69) is 48.4 Å². The van der Waals surface area contributed by atoms with Crippen molar-refractivity contribution in [3.05, 3.63) is 65.7 Å². The Bertz CT molecular complexity index is 866. The Morgan fingerprint density at radius 3 is 2.29 bits per heavy atom. The Hall–Kier alpha value is -2.82. The molecular weight excluding hydrogens is 386 g/mol. The molecule has 3 rings (SSSR count). The standard InChI is InChI=1S/C26H35N3O2/c1-26(2,3)19-24(30)28-21-14-17-29(18-15-21)23-12-8-7-11-22(23)25(31)27-16-13-20-9-5-4-6-10-20/h4-12,21H,13-19H2,1-3H3,(H,27,31)(H,28,30). The van der Waals surface area contributed by atoms with Crippen LogP contribution in [0.2, 0.25) is 0 Å². The minimum absolute atomic E-state index is 0.00238. The molecule has 0 unspecified atom stereocenters. The molecule has 166 valence electrons. The summed E-state index contributed by atoms with van der Waals surface area (Å²) in [6.07, 6.45) is 3.13. The molecule has 1 aliphatic heterocycles. The summed E-state index contributed by atoms with van der Waals surface area (Å²) in [5, 5.41) is 6.24. The predicted molar refractivity (Wildman–Crippen MR) is 126 cm³/mol. The molecule has 5 nitrogen and oxygen atoms in total. The van der Waals surface area contributed by atoms with Crippen molar-refractivity contribution in [2.45, 2.75) is 52.5 Å². The van der Waals surface area contributed by atoms with E-state index in [0.29, 0.717) is 18.5 Å². The molecule has 1 heterocycles. The number of carbonyl (C=O) groups is 2. The lowest BCUT2D eigenvalue weighted by Gasteiger charge is -2.35. The van der Waals surface area contributed by atoms with Gasteiger partial charge >= 0.3 is 0 Å². The minimum atomic E-state index is -0.0351. The summed E-state index contributed by atoms with van der Waals surface area (Å²) in [5.41, 5.74) is 2.90. The number of benzene rings is 2. The van der Waals surface area contributed by atoms with Gasteiger partial charge in [-0.05, 0) is 42.4 Å². The van der Waals surface area contributed by atoms with Crippen molar-refractivity contribution >= 4 is 17.5 Å². The van der Waals surface area contributed by atoms with Gasteiger partial charge in [0.2, 0.25) is 5.91 Å². The highest BCUT2D eigenvalue weighted by Crippen LogP contribution is 2.25. The molecule has 2 aromatic rings. The van der Waals surface area contributed by atoms with Crippen LogP contribution in [0.4, 0.5) is 5.69 Å². The summed E-state index contributed by atoms with van der Waals surface area (Å²) >= 11 is 0. The van der Waals surface area contributed by atoms with Crippen molar-refractivity contribution in [2.24, 2.45) is 5.41 Å². The second-order valence-corrected chi connectivity index (χ2v) is 9.57. The Labute approximate surface area is 186 Å². The number of hydrogen-bond acceptors (Lipinski definition) is 3. The monoisotopic (exact) mass is 421 g/mol. The number of hydrogen-bond donors (Lipinski definition) is 2. The van der Waals surface area contributed by atoms with Gasteiger partial charge in [0.25, 0.3) is 5.91 Å². The number of rotatable bonds is 7. The van der Waals surface area contributed by atoms with Crippen LogP contribution < -0.4 is 15.5 Å². The third-order valence-electron chi connectivity index (χ3n) is 5.58. The molecule has 0 aromatic heterocycles. The highest BCUT2D eigenvalue weighted by Gasteiger charge is 2.25. The van der Waals surface area contributed by atoms with E-state index in [4.69, 9.17) is 0 Å². The summed E-state index contributed by atoms with van der Waals surface area (Å²) in [7, 11) is 0. The maximum absolute atomic E-state index is 12.8. The van der Waals surface area contributed by atoms with E-state index in [0.717, 1.165) is 38.0 Å². The SMILES string of the molecule is CC(C)(C)CC(=O)NC1CCN(c2ccccc2C(=O)NCCc2ccccc2)CC1. The van der Waals surface area contributed by atoms with Crippen molar-refractivity contribution in [1.82, 2.24) is 10.6 Å². The number of nitrogens with zero attached hydrogens (tertiary/aromatic N) is 1. The van der Waals surface area contributed by atoms with Gasteiger partial charge in [0, 0.05) is 37.8 Å². The van der Waals surface area contributed by atoms with E-state index < -0.39 is 0 Å². The largest absolute Gasteiger partial charge is 0.371 e. The number of anilines is 1. The van der Waals surface area contributed by atoms with Crippen LogP contribution in [0.5, 0.6) is 0 Å². The van der Waals surface area contributed by atoms with Gasteiger partial charge in [-0.2, -0.15) is 0 Å². The van der Waals surface area contributed by atoms with Gasteiger partial charge in [-0.3, -0.25) is 9.59 Å². The summed E-state index contributed by atoms with van der Waals surface area (Å²) in [5.74, 6) is 0.0938. The topological polar surface area (TPSA) is 61.4 Å². The van der Waals surface area contributed by atoms with Crippen LogP contribution in [0.25, 0.3) is 0 Å². The molecule has 1 fully saturated rings. The minimum Gasteiger partial charge on any atom is -0.371 e. The average Bonchev–Trinajstić information content (AvgIpc) is 2.73. The van der Waals surface area contributed by atoms with E-state index in [1.54, 1.807) is 0 Å². The molecular formula is C26H35N3O2. The first-order valence-corrected chi connectivity index (χ1v) is 11.3. The molecule has 0 saturated carbocycles. The average molecular weight is 422 g/mol. The molecule has 0 spiro atoms. The van der Waals surface area contributed by atoms with Gasteiger partial charge in [0.05, 0.1) is 5.56 Å². The number of carbonyl (C=O) groups excluding carboxylic acids is 2. The van der Waals surface area contributed by atoms with Crippen molar-refractivity contribution in [3.63, 3.8) is 0 Å². The van der Waals surface area contributed by atoms with E-state index in [-0.39, 0.29) is 23.3 Å². The molecule has 5 heteroatoms. The zero-order valence-electron chi connectivity index (χ0n) is 19.0. The van der Waals surface area contributed by atoms with Crippen molar-refractivity contribution in [1.29, 1.82) is 0 Å². The molecule has 2 aromatic carbocycles. The number of para-hydroxylation sites is 1. The number of nitrogens with one attached hydrogen (secondary N) is 2. The first-order chi connectivity index (χ1) is 14.8. The van der Waals surface area contributed by atoms with Crippen LogP contribution in [-0.4, -0.2) is 37.5 Å². The first kappa shape index (κ1) is 22.9. The summed E-state index contributed by atoms with van der Waals surface area (Å²) in [6.45, 7) is 8.51. The molecule has 2 amide bonds. The highest BCUT2D eigenvalue weighted by atomic mass is 16.2. The van der Waals surface area contributed by atoms with Gasteiger partial charge in [-0.15, -0.1) is 0 Å². The predicted octanol–water partition coefficient (Wildman–Crippen LogP) is 4.18. The van der Waals surface area contributed by atoms with Gasteiger partial charge < -0.3 is 15.5 Å². The van der Waals surface area contributed by atoms with Gasteiger partial charge in [-0.1, -0.05) is 63.2 Å². The first-order valence-electron chi connectivity index (χ1n) is 11.3. The van der Waals surface area contributed by atoms with E-state index in [1.807, 2.05) is 42.5 Å². The van der Waals surface area contributed by atoms with Crippen LogP contribution >= 0.6 is 0 Å². The third-order valence-corrected chi connectivity index (χ3v) is 5.58. The molecule has 0 atom stereocenters. The Kier molecular flexibility index (Phi) is 7.72. The summed E-state index contributed by atoms with van der Waals surface area (Å²) in [6, 6.07) is 18.2. The van der Waals surface area contributed by atoms with Crippen molar-refractivity contribution in [3.8, 4) is 0 Å². The van der Waals surface area contributed by atoms with Crippen LogP contribution in [-0.2, 0) is 11.2 Å². The fourth-order valence-electron chi connectivity index (χ4n) is 4.03. The quantitative estimate of drug-likeness (QED) is 0.705. The normalized spacial score (nSPS) is 14.9. The van der Waals surface area contributed by atoms with E-state index in [1.165, 1.54) is 5.56 Å². The lowest BCUT2D eigenvalue weighted by Crippen LogP contribution is -2.45. The highest BCUT2D eigenvalue weighted by molar-refractivity contribution is 5.99. The fourth-order valence-corrected chi connectivity index (χ4v) is 4.03. The lowest BCUT2D eigenvalue weighted by atomic mass is 9.91.